The fourth-order valence-electron chi connectivity index (χ4n) is 2.63. The quantitative estimate of drug-likeness (QED) is 0.408. The molecule has 0 bridgehead atoms. The van der Waals surface area contributed by atoms with E-state index in [0.29, 0.717) is 40.8 Å². The fourth-order valence-corrected chi connectivity index (χ4v) is 3.46. The van der Waals surface area contributed by atoms with Gasteiger partial charge in [-0.1, -0.05) is 18.2 Å². The van der Waals surface area contributed by atoms with Crippen LogP contribution in [0.5, 0.6) is 0 Å². The second-order valence-corrected chi connectivity index (χ2v) is 7.48. The number of rotatable bonds is 8. The van der Waals surface area contributed by atoms with E-state index in [0.717, 1.165) is 11.9 Å². The van der Waals surface area contributed by atoms with Crippen molar-refractivity contribution in [3.8, 4) is 0 Å². The number of nitrogens with zero attached hydrogens (tertiary/aromatic N) is 3. The topological polar surface area (TPSA) is 48.5 Å². The molecule has 0 fully saturated rings. The molecule has 1 amide bonds. The number of nitrogens with one attached hydrogen (secondary N) is 1. The van der Waals surface area contributed by atoms with Crippen molar-refractivity contribution in [2.24, 2.45) is 0 Å². The van der Waals surface area contributed by atoms with Crippen LogP contribution in [0.1, 0.15) is 5.56 Å². The van der Waals surface area contributed by atoms with E-state index in [4.69, 9.17) is 0 Å². The number of aromatic nitrogens is 1. The summed E-state index contributed by atoms with van der Waals surface area (Å²) in [5, 5.41) is 2.95. The van der Waals surface area contributed by atoms with Crippen molar-refractivity contribution in [1.82, 2.24) is 4.98 Å². The minimum absolute atomic E-state index is 0.190. The van der Waals surface area contributed by atoms with Gasteiger partial charge in [-0.15, -0.1) is 0 Å². The summed E-state index contributed by atoms with van der Waals surface area (Å²) in [6.45, 7) is -0.190. The Bertz CT molecular complexity index is 1030. The van der Waals surface area contributed by atoms with E-state index in [1.54, 1.807) is 36.4 Å². The lowest BCUT2D eigenvalue weighted by molar-refractivity contribution is -0.106. The maximum absolute atomic E-state index is 13.9. The number of carbonyl (C=O) groups excluding carboxylic acids is 1. The van der Waals surface area contributed by atoms with Crippen molar-refractivity contribution >= 4 is 35.7 Å². The van der Waals surface area contributed by atoms with Gasteiger partial charge in [0.05, 0.1) is 4.90 Å². The summed E-state index contributed by atoms with van der Waals surface area (Å²) in [6.07, 6.45) is 0.641. The first-order chi connectivity index (χ1) is 14.4. The summed E-state index contributed by atoms with van der Waals surface area (Å²) in [6, 6.07) is 13.6. The molecule has 0 saturated carbocycles. The van der Waals surface area contributed by atoms with Crippen LogP contribution >= 0.6 is 11.9 Å². The maximum Gasteiger partial charge on any atom is 0.225 e. The van der Waals surface area contributed by atoms with Crippen LogP contribution < -0.4 is 14.5 Å². The first kappa shape index (κ1) is 21.5. The molecule has 1 aromatic heterocycles. The zero-order valence-corrected chi connectivity index (χ0v) is 17.1. The number of pyridine rings is 1. The standard InChI is InChI=1S/C21H19F3N4OS/c1-27(2)20-8-5-9-21(26-20)28(13-29)30-19-7-4-3-6-18(19)25-12-15-16(23)10-14(22)11-17(15)24/h3-11,13,25H,12H2,1-2H3. The van der Waals surface area contributed by atoms with Crippen LogP contribution in [0.2, 0.25) is 0 Å². The predicted octanol–water partition coefficient (Wildman–Crippen LogP) is 4.85. The Kier molecular flexibility index (Phi) is 6.83. The molecule has 0 radical (unpaired) electrons. The summed E-state index contributed by atoms with van der Waals surface area (Å²) in [7, 11) is 3.69. The lowest BCUT2D eigenvalue weighted by Gasteiger charge is -2.19. The van der Waals surface area contributed by atoms with Crippen molar-refractivity contribution in [3.63, 3.8) is 0 Å². The number of anilines is 3. The van der Waals surface area contributed by atoms with E-state index in [9.17, 15) is 18.0 Å². The van der Waals surface area contributed by atoms with Crippen LogP contribution in [-0.4, -0.2) is 25.5 Å². The van der Waals surface area contributed by atoms with Gasteiger partial charge < -0.3 is 10.2 Å². The van der Waals surface area contributed by atoms with Crippen LogP contribution in [0.4, 0.5) is 30.5 Å². The molecule has 30 heavy (non-hydrogen) atoms. The van der Waals surface area contributed by atoms with E-state index in [-0.39, 0.29) is 12.1 Å². The molecule has 1 N–H and O–H groups in total. The lowest BCUT2D eigenvalue weighted by atomic mass is 10.2. The van der Waals surface area contributed by atoms with Gasteiger partial charge in [-0.2, -0.15) is 0 Å². The Morgan fingerprint density at radius 3 is 2.33 bits per heavy atom. The number of para-hydroxylation sites is 1. The van der Waals surface area contributed by atoms with E-state index < -0.39 is 17.5 Å². The molecule has 0 aliphatic carbocycles. The van der Waals surface area contributed by atoms with Crippen LogP contribution in [0.3, 0.4) is 0 Å². The Hall–Kier alpha value is -3.20. The summed E-state index contributed by atoms with van der Waals surface area (Å²) >= 11 is 1.11. The molecule has 1 heterocycles. The molecule has 0 aliphatic heterocycles. The number of hydrogen-bond donors (Lipinski definition) is 1. The van der Waals surface area contributed by atoms with Crippen LogP contribution in [-0.2, 0) is 11.3 Å². The molecule has 3 rings (SSSR count). The van der Waals surface area contributed by atoms with Crippen molar-refractivity contribution in [2.75, 3.05) is 28.6 Å². The summed E-state index contributed by atoms with van der Waals surface area (Å²) in [5.41, 5.74) is 0.282. The normalized spacial score (nSPS) is 10.6. The number of halogens is 3. The molecule has 0 spiro atoms. The van der Waals surface area contributed by atoms with E-state index >= 15 is 0 Å². The summed E-state index contributed by atoms with van der Waals surface area (Å²) in [4.78, 5) is 18.6. The van der Waals surface area contributed by atoms with Crippen LogP contribution in [0, 0.1) is 17.5 Å². The number of benzene rings is 2. The van der Waals surface area contributed by atoms with E-state index in [1.165, 1.54) is 4.31 Å². The average molecular weight is 432 g/mol. The first-order valence-electron chi connectivity index (χ1n) is 8.92. The SMILES string of the molecule is CN(C)c1cccc(N(C=O)Sc2ccccc2NCc2c(F)cc(F)cc2F)n1. The number of amides is 1. The molecule has 0 aliphatic rings. The van der Waals surface area contributed by atoms with E-state index in [1.807, 2.05) is 25.1 Å². The molecule has 0 unspecified atom stereocenters. The molecule has 0 atom stereocenters. The smallest absolute Gasteiger partial charge is 0.225 e. The van der Waals surface area contributed by atoms with Gasteiger partial charge in [-0.3, -0.25) is 4.79 Å². The predicted molar refractivity (Wildman–Crippen MR) is 113 cm³/mol. The highest BCUT2D eigenvalue weighted by Crippen LogP contribution is 2.33. The first-order valence-corrected chi connectivity index (χ1v) is 9.69. The largest absolute Gasteiger partial charge is 0.380 e. The Balaban J connectivity index is 1.81. The lowest BCUT2D eigenvalue weighted by Crippen LogP contribution is -2.16. The zero-order chi connectivity index (χ0) is 21.7. The second kappa shape index (κ2) is 9.53. The Morgan fingerprint density at radius 1 is 1.00 bits per heavy atom. The third kappa shape index (κ3) is 5.04. The third-order valence-electron chi connectivity index (χ3n) is 4.14. The minimum atomic E-state index is -0.973. The van der Waals surface area contributed by atoms with Crippen LogP contribution in [0.25, 0.3) is 0 Å². The molecular formula is C21H19F3N4OS. The van der Waals surface area contributed by atoms with Gasteiger partial charge >= 0.3 is 0 Å². The summed E-state index contributed by atoms with van der Waals surface area (Å²) < 4.78 is 42.3. The van der Waals surface area contributed by atoms with Gasteiger partial charge in [-0.25, -0.2) is 22.5 Å². The van der Waals surface area contributed by atoms with Crippen molar-refractivity contribution in [3.05, 3.63) is 77.6 Å². The van der Waals surface area contributed by atoms with Gasteiger partial charge in [0.15, 0.2) is 0 Å². The van der Waals surface area contributed by atoms with E-state index in [2.05, 4.69) is 10.3 Å². The average Bonchev–Trinajstić information content (AvgIpc) is 2.72. The highest BCUT2D eigenvalue weighted by Gasteiger charge is 2.15. The highest BCUT2D eigenvalue weighted by atomic mass is 32.2. The minimum Gasteiger partial charge on any atom is -0.380 e. The molecule has 5 nitrogen and oxygen atoms in total. The number of carbonyl (C=O) groups is 1. The van der Waals surface area contributed by atoms with Gasteiger partial charge in [0, 0.05) is 44.0 Å². The zero-order valence-electron chi connectivity index (χ0n) is 16.3. The Labute approximate surface area is 176 Å². The summed E-state index contributed by atoms with van der Waals surface area (Å²) in [5.74, 6) is -1.78. The number of hydrogen-bond acceptors (Lipinski definition) is 5. The molecular weight excluding hydrogens is 413 g/mol. The Morgan fingerprint density at radius 2 is 1.67 bits per heavy atom. The van der Waals surface area contributed by atoms with Crippen molar-refractivity contribution in [2.45, 2.75) is 11.4 Å². The highest BCUT2D eigenvalue weighted by molar-refractivity contribution is 8.01. The monoisotopic (exact) mass is 432 g/mol. The van der Waals surface area contributed by atoms with Gasteiger partial charge in [-0.05, 0) is 36.2 Å². The van der Waals surface area contributed by atoms with Crippen molar-refractivity contribution in [1.29, 1.82) is 0 Å². The fraction of sp³-hybridized carbons (Fsp3) is 0.143. The van der Waals surface area contributed by atoms with Crippen LogP contribution in [0.15, 0.2) is 59.5 Å². The molecule has 156 valence electrons. The van der Waals surface area contributed by atoms with Gasteiger partial charge in [0.25, 0.3) is 0 Å². The molecule has 2 aromatic carbocycles. The molecule has 9 heteroatoms. The van der Waals surface area contributed by atoms with Gasteiger partial charge in [0.1, 0.15) is 29.1 Å². The second-order valence-electron chi connectivity index (χ2n) is 6.47. The molecule has 3 aromatic rings. The molecule has 0 saturated heterocycles. The van der Waals surface area contributed by atoms with Crippen molar-refractivity contribution < 1.29 is 18.0 Å². The third-order valence-corrected chi connectivity index (χ3v) is 5.17. The maximum atomic E-state index is 13.9. The van der Waals surface area contributed by atoms with Gasteiger partial charge in [0.2, 0.25) is 6.41 Å².